The van der Waals surface area contributed by atoms with Gasteiger partial charge >= 0.3 is 5.97 Å². The summed E-state index contributed by atoms with van der Waals surface area (Å²) in [5.74, 6) is 0.570. The first-order valence-electron chi connectivity index (χ1n) is 9.57. The zero-order valence-corrected chi connectivity index (χ0v) is 17.0. The minimum absolute atomic E-state index is 0.106. The van der Waals surface area contributed by atoms with Gasteiger partial charge in [0.05, 0.1) is 6.61 Å². The predicted octanol–water partition coefficient (Wildman–Crippen LogP) is 5.27. The van der Waals surface area contributed by atoms with Crippen molar-refractivity contribution < 1.29 is 19.4 Å². The summed E-state index contributed by atoms with van der Waals surface area (Å²) in [6, 6.07) is 12.5. The van der Waals surface area contributed by atoms with Gasteiger partial charge in [-0.15, -0.1) is 0 Å². The molecule has 0 unspecified atom stereocenters. The van der Waals surface area contributed by atoms with Gasteiger partial charge in [-0.25, -0.2) is 4.79 Å². The number of ether oxygens (including phenoxy) is 2. The van der Waals surface area contributed by atoms with Crippen LogP contribution in [0.15, 0.2) is 36.4 Å². The predicted molar refractivity (Wildman–Crippen MR) is 108 cm³/mol. The molecule has 0 bridgehead atoms. The van der Waals surface area contributed by atoms with Gasteiger partial charge in [0.25, 0.3) is 0 Å². The first-order valence-corrected chi connectivity index (χ1v) is 9.57. The van der Waals surface area contributed by atoms with E-state index < -0.39 is 5.97 Å². The van der Waals surface area contributed by atoms with Crippen LogP contribution in [0.2, 0.25) is 0 Å². The van der Waals surface area contributed by atoms with Crippen molar-refractivity contribution in [3.63, 3.8) is 0 Å². The van der Waals surface area contributed by atoms with Crippen LogP contribution in [0.25, 0.3) is 0 Å². The number of carbonyl (C=O) groups is 1. The van der Waals surface area contributed by atoms with Crippen molar-refractivity contribution >= 4 is 5.97 Å². The number of rotatable bonds is 9. The fourth-order valence-corrected chi connectivity index (χ4v) is 3.75. The van der Waals surface area contributed by atoms with Crippen LogP contribution in [0.1, 0.15) is 55.9 Å². The van der Waals surface area contributed by atoms with E-state index in [0.29, 0.717) is 12.4 Å². The van der Waals surface area contributed by atoms with E-state index in [2.05, 4.69) is 51.1 Å². The van der Waals surface area contributed by atoms with Crippen LogP contribution in [-0.2, 0) is 10.2 Å². The first kappa shape index (κ1) is 20.8. The second kappa shape index (κ2) is 8.94. The van der Waals surface area contributed by atoms with E-state index in [9.17, 15) is 4.79 Å². The molecule has 0 saturated carbocycles. The molecule has 2 rings (SSSR count). The highest BCUT2D eigenvalue weighted by molar-refractivity contribution is 5.68. The molecule has 0 aliphatic heterocycles. The molecule has 0 atom stereocenters. The third-order valence-corrected chi connectivity index (χ3v) is 5.31. The largest absolute Gasteiger partial charge is 0.494 e. The van der Waals surface area contributed by atoms with Gasteiger partial charge in [-0.3, -0.25) is 0 Å². The Balaban J connectivity index is 2.45. The van der Waals surface area contributed by atoms with Crippen LogP contribution in [-0.4, -0.2) is 24.3 Å². The third-order valence-electron chi connectivity index (χ3n) is 5.31. The number of aryl methyl sites for hydroxylation is 2. The Hall–Kier alpha value is -2.49. The quantitative estimate of drug-likeness (QED) is 0.653. The lowest BCUT2D eigenvalue weighted by Crippen LogP contribution is -2.26. The van der Waals surface area contributed by atoms with E-state index in [1.165, 1.54) is 11.1 Å². The monoisotopic (exact) mass is 370 g/mol. The van der Waals surface area contributed by atoms with Gasteiger partial charge in [0.15, 0.2) is 6.61 Å². The number of carboxylic acid groups (broad SMARTS) is 1. The van der Waals surface area contributed by atoms with Crippen molar-refractivity contribution in [3.8, 4) is 11.5 Å². The molecule has 0 saturated heterocycles. The van der Waals surface area contributed by atoms with Crippen molar-refractivity contribution in [2.75, 3.05) is 13.2 Å². The Labute approximate surface area is 162 Å². The minimum atomic E-state index is -0.972. The summed E-state index contributed by atoms with van der Waals surface area (Å²) >= 11 is 0. The van der Waals surface area contributed by atoms with Crippen LogP contribution in [0.3, 0.4) is 0 Å². The summed E-state index contributed by atoms with van der Waals surface area (Å²) in [5, 5.41) is 8.83. The molecule has 4 nitrogen and oxygen atoms in total. The summed E-state index contributed by atoms with van der Waals surface area (Å²) in [4.78, 5) is 10.8. The van der Waals surface area contributed by atoms with Crippen molar-refractivity contribution in [1.29, 1.82) is 0 Å². The molecule has 146 valence electrons. The lowest BCUT2D eigenvalue weighted by molar-refractivity contribution is -0.139. The molecule has 0 fully saturated rings. The van der Waals surface area contributed by atoms with Crippen LogP contribution >= 0.6 is 0 Å². The van der Waals surface area contributed by atoms with Crippen LogP contribution in [0.5, 0.6) is 11.5 Å². The number of hydrogen-bond donors (Lipinski definition) is 1. The second-order valence-electron chi connectivity index (χ2n) is 6.87. The van der Waals surface area contributed by atoms with Gasteiger partial charge in [0.1, 0.15) is 11.5 Å². The number of aliphatic carboxylic acids is 1. The molecule has 0 aromatic heterocycles. The summed E-state index contributed by atoms with van der Waals surface area (Å²) in [6.45, 7) is 10.8. The van der Waals surface area contributed by atoms with Gasteiger partial charge in [-0.1, -0.05) is 38.1 Å². The molecule has 27 heavy (non-hydrogen) atoms. The van der Waals surface area contributed by atoms with Crippen molar-refractivity contribution in [3.05, 3.63) is 58.7 Å². The highest BCUT2D eigenvalue weighted by atomic mass is 16.5. The number of hydrogen-bond acceptors (Lipinski definition) is 3. The summed E-state index contributed by atoms with van der Waals surface area (Å²) in [5.41, 5.74) is 4.47. The van der Waals surface area contributed by atoms with E-state index in [1.54, 1.807) is 0 Å². The Morgan fingerprint density at radius 2 is 1.37 bits per heavy atom. The zero-order chi connectivity index (χ0) is 20.0. The summed E-state index contributed by atoms with van der Waals surface area (Å²) < 4.78 is 11.1. The van der Waals surface area contributed by atoms with E-state index >= 15 is 0 Å². The molecule has 0 spiro atoms. The van der Waals surface area contributed by atoms with Crippen molar-refractivity contribution in [2.45, 2.75) is 52.9 Å². The second-order valence-corrected chi connectivity index (χ2v) is 6.87. The first-order chi connectivity index (χ1) is 12.9. The molecule has 2 aromatic carbocycles. The topological polar surface area (TPSA) is 55.8 Å². The highest BCUT2D eigenvalue weighted by Gasteiger charge is 2.31. The fourth-order valence-electron chi connectivity index (χ4n) is 3.75. The maximum absolute atomic E-state index is 10.8. The average Bonchev–Trinajstić information content (AvgIpc) is 2.64. The number of benzene rings is 2. The van der Waals surface area contributed by atoms with Crippen LogP contribution < -0.4 is 9.47 Å². The van der Waals surface area contributed by atoms with Gasteiger partial charge in [0.2, 0.25) is 0 Å². The normalized spacial score (nSPS) is 11.3. The van der Waals surface area contributed by atoms with E-state index in [1.807, 2.05) is 19.9 Å². The smallest absolute Gasteiger partial charge is 0.341 e. The molecule has 0 aliphatic carbocycles. The van der Waals surface area contributed by atoms with E-state index in [-0.39, 0.29) is 12.0 Å². The van der Waals surface area contributed by atoms with E-state index in [0.717, 1.165) is 29.7 Å². The van der Waals surface area contributed by atoms with Gasteiger partial charge in [-0.05, 0) is 68.0 Å². The van der Waals surface area contributed by atoms with Crippen molar-refractivity contribution in [2.24, 2.45) is 0 Å². The van der Waals surface area contributed by atoms with Gasteiger partial charge in [-0.2, -0.15) is 0 Å². The Bertz CT molecular complexity index is 791. The molecule has 0 amide bonds. The third kappa shape index (κ3) is 4.44. The lowest BCUT2D eigenvalue weighted by Gasteiger charge is -2.34. The summed E-state index contributed by atoms with van der Waals surface area (Å²) in [7, 11) is 0. The maximum Gasteiger partial charge on any atom is 0.341 e. The molecule has 0 aliphatic rings. The maximum atomic E-state index is 10.8. The average molecular weight is 370 g/mol. The van der Waals surface area contributed by atoms with Gasteiger partial charge < -0.3 is 14.6 Å². The Morgan fingerprint density at radius 1 is 0.889 bits per heavy atom. The Kier molecular flexibility index (Phi) is 6.89. The fraction of sp³-hybridized carbons (Fsp3) is 0.435. The van der Waals surface area contributed by atoms with E-state index in [4.69, 9.17) is 14.6 Å². The zero-order valence-electron chi connectivity index (χ0n) is 17.0. The van der Waals surface area contributed by atoms with Crippen LogP contribution in [0.4, 0.5) is 0 Å². The summed E-state index contributed by atoms with van der Waals surface area (Å²) in [6.07, 6.45) is 1.93. The molecule has 0 radical (unpaired) electrons. The highest BCUT2D eigenvalue weighted by Crippen LogP contribution is 2.41. The lowest BCUT2D eigenvalue weighted by atomic mass is 9.70. The molecule has 4 heteroatoms. The minimum Gasteiger partial charge on any atom is -0.494 e. The Morgan fingerprint density at radius 3 is 1.74 bits per heavy atom. The molecular formula is C23H30O4. The van der Waals surface area contributed by atoms with Gasteiger partial charge in [0, 0.05) is 5.41 Å². The molecular weight excluding hydrogens is 340 g/mol. The number of carboxylic acids is 1. The van der Waals surface area contributed by atoms with Crippen LogP contribution in [0, 0.1) is 13.8 Å². The molecule has 2 aromatic rings. The SMILES string of the molecule is CCOc1ccc(C(CC)(CC)c2ccc(OCC(=O)O)c(C)c2)cc1C. The molecule has 0 heterocycles. The standard InChI is InChI=1S/C23H30O4/c1-6-23(7-2,18-9-11-20(26-8-3)16(4)13-18)19-10-12-21(17(5)14-19)27-15-22(24)25/h9-14H,6-8,15H2,1-5H3,(H,24,25). The molecule has 1 N–H and O–H groups in total. The van der Waals surface area contributed by atoms with Crippen molar-refractivity contribution in [1.82, 2.24) is 0 Å².